The van der Waals surface area contributed by atoms with Crippen molar-refractivity contribution in [1.29, 1.82) is 0 Å². The first-order chi connectivity index (χ1) is 10.1. The highest BCUT2D eigenvalue weighted by molar-refractivity contribution is 9.10. The molecule has 1 amide bonds. The Morgan fingerprint density at radius 3 is 2.57 bits per heavy atom. The molecule has 1 N–H and O–H groups in total. The summed E-state index contributed by atoms with van der Waals surface area (Å²) in [7, 11) is 0. The first-order valence-electron chi connectivity index (χ1n) is 7.03. The Kier molecular flexibility index (Phi) is 5.99. The van der Waals surface area contributed by atoms with Crippen molar-refractivity contribution in [3.8, 4) is 0 Å². The lowest BCUT2D eigenvalue weighted by molar-refractivity contribution is -0.144. The molecule has 21 heavy (non-hydrogen) atoms. The first-order valence-corrected chi connectivity index (χ1v) is 7.82. The van der Waals surface area contributed by atoms with Crippen molar-refractivity contribution >= 4 is 33.9 Å². The largest absolute Gasteiger partial charge is 0.452 e. The number of carbonyl (C=O) groups excluding carboxylic acids is 2. The Labute approximate surface area is 132 Å². The summed E-state index contributed by atoms with van der Waals surface area (Å²) in [5.41, 5.74) is 0.894. The molecule has 0 aromatic heterocycles. The summed E-state index contributed by atoms with van der Waals surface area (Å²) in [6.07, 6.45) is 7.32. The predicted molar refractivity (Wildman–Crippen MR) is 84.5 cm³/mol. The molecule has 0 heterocycles. The molecule has 1 aromatic carbocycles. The second-order valence-electron chi connectivity index (χ2n) is 5.04. The molecular formula is C16H18BrNO3. The van der Waals surface area contributed by atoms with Crippen molar-refractivity contribution in [2.24, 2.45) is 0 Å². The van der Waals surface area contributed by atoms with Crippen molar-refractivity contribution in [1.82, 2.24) is 5.32 Å². The van der Waals surface area contributed by atoms with Crippen LogP contribution in [0.5, 0.6) is 0 Å². The fourth-order valence-corrected chi connectivity index (χ4v) is 2.53. The molecule has 0 atom stereocenters. The van der Waals surface area contributed by atoms with Gasteiger partial charge in [0.15, 0.2) is 6.61 Å². The number of rotatable bonds is 5. The van der Waals surface area contributed by atoms with E-state index in [1.807, 2.05) is 24.3 Å². The number of amides is 1. The molecule has 0 bridgehead atoms. The van der Waals surface area contributed by atoms with E-state index in [0.29, 0.717) is 0 Å². The van der Waals surface area contributed by atoms with Crippen LogP contribution in [-0.4, -0.2) is 24.5 Å². The average molecular weight is 352 g/mol. The van der Waals surface area contributed by atoms with Crippen LogP contribution in [0.1, 0.15) is 31.2 Å². The van der Waals surface area contributed by atoms with Crippen molar-refractivity contribution in [3.63, 3.8) is 0 Å². The number of ether oxygens (including phenoxy) is 1. The van der Waals surface area contributed by atoms with Crippen LogP contribution in [0.2, 0.25) is 0 Å². The summed E-state index contributed by atoms with van der Waals surface area (Å²) >= 11 is 3.34. The van der Waals surface area contributed by atoms with Gasteiger partial charge in [-0.25, -0.2) is 4.79 Å². The van der Waals surface area contributed by atoms with Gasteiger partial charge in [-0.3, -0.25) is 4.79 Å². The van der Waals surface area contributed by atoms with Gasteiger partial charge in [0.1, 0.15) is 0 Å². The van der Waals surface area contributed by atoms with Crippen LogP contribution in [0.25, 0.3) is 6.08 Å². The maximum atomic E-state index is 11.6. The number of benzene rings is 1. The van der Waals surface area contributed by atoms with E-state index >= 15 is 0 Å². The smallest absolute Gasteiger partial charge is 0.331 e. The second-order valence-corrected chi connectivity index (χ2v) is 5.96. The van der Waals surface area contributed by atoms with Crippen molar-refractivity contribution in [2.45, 2.75) is 31.7 Å². The minimum atomic E-state index is -0.514. The molecule has 0 radical (unpaired) electrons. The molecule has 1 aliphatic rings. The minimum Gasteiger partial charge on any atom is -0.452 e. The van der Waals surface area contributed by atoms with Crippen LogP contribution in [-0.2, 0) is 14.3 Å². The number of halogens is 1. The number of esters is 1. The quantitative estimate of drug-likeness (QED) is 0.655. The zero-order valence-corrected chi connectivity index (χ0v) is 13.3. The molecule has 4 nitrogen and oxygen atoms in total. The van der Waals surface area contributed by atoms with E-state index in [2.05, 4.69) is 21.2 Å². The van der Waals surface area contributed by atoms with Gasteiger partial charge in [0.25, 0.3) is 5.91 Å². The molecule has 0 spiro atoms. The normalized spacial score (nSPS) is 15.3. The Bertz CT molecular complexity index is 519. The molecule has 1 aliphatic carbocycles. The van der Waals surface area contributed by atoms with Crippen LogP contribution >= 0.6 is 15.9 Å². The van der Waals surface area contributed by atoms with Gasteiger partial charge in [0.2, 0.25) is 0 Å². The summed E-state index contributed by atoms with van der Waals surface area (Å²) in [5, 5.41) is 2.87. The lowest BCUT2D eigenvalue weighted by Crippen LogP contribution is -2.35. The summed E-state index contributed by atoms with van der Waals surface area (Å²) in [6, 6.07) is 7.77. The lowest BCUT2D eigenvalue weighted by atomic mass is 10.2. The molecule has 112 valence electrons. The van der Waals surface area contributed by atoms with E-state index in [9.17, 15) is 9.59 Å². The van der Waals surface area contributed by atoms with Gasteiger partial charge in [0.05, 0.1) is 0 Å². The zero-order valence-electron chi connectivity index (χ0n) is 11.7. The molecule has 2 rings (SSSR count). The molecule has 1 fully saturated rings. The van der Waals surface area contributed by atoms with Gasteiger partial charge in [-0.2, -0.15) is 0 Å². The molecule has 0 saturated heterocycles. The van der Waals surface area contributed by atoms with Crippen molar-refractivity contribution in [3.05, 3.63) is 40.4 Å². The fraction of sp³-hybridized carbons (Fsp3) is 0.375. The van der Waals surface area contributed by atoms with Crippen molar-refractivity contribution in [2.75, 3.05) is 6.61 Å². The minimum absolute atomic E-state index is 0.222. The number of nitrogens with one attached hydrogen (secondary N) is 1. The van der Waals surface area contributed by atoms with Crippen molar-refractivity contribution < 1.29 is 14.3 Å². The Morgan fingerprint density at radius 1 is 1.24 bits per heavy atom. The Morgan fingerprint density at radius 2 is 1.90 bits per heavy atom. The number of carbonyl (C=O) groups is 2. The molecular weight excluding hydrogens is 334 g/mol. The number of hydrogen-bond donors (Lipinski definition) is 1. The van der Waals surface area contributed by atoms with Gasteiger partial charge >= 0.3 is 5.97 Å². The summed E-state index contributed by atoms with van der Waals surface area (Å²) < 4.78 is 5.89. The number of hydrogen-bond acceptors (Lipinski definition) is 3. The van der Waals surface area contributed by atoms with Crippen LogP contribution in [0.3, 0.4) is 0 Å². The van der Waals surface area contributed by atoms with E-state index in [0.717, 1.165) is 35.7 Å². The summed E-state index contributed by atoms with van der Waals surface area (Å²) in [5.74, 6) is -0.744. The molecule has 5 heteroatoms. The third-order valence-electron chi connectivity index (χ3n) is 3.35. The topological polar surface area (TPSA) is 55.4 Å². The van der Waals surface area contributed by atoms with Crippen LogP contribution < -0.4 is 5.32 Å². The maximum absolute atomic E-state index is 11.6. The Hall–Kier alpha value is -1.62. The van der Waals surface area contributed by atoms with Gasteiger partial charge in [-0.05, 0) is 36.6 Å². The Balaban J connectivity index is 1.71. The van der Waals surface area contributed by atoms with E-state index in [1.54, 1.807) is 6.08 Å². The predicted octanol–water partition coefficient (Wildman–Crippen LogP) is 3.06. The molecule has 1 saturated carbocycles. The highest BCUT2D eigenvalue weighted by atomic mass is 79.9. The average Bonchev–Trinajstić information content (AvgIpc) is 2.97. The van der Waals surface area contributed by atoms with E-state index in [-0.39, 0.29) is 18.6 Å². The van der Waals surface area contributed by atoms with Crippen LogP contribution in [0.4, 0.5) is 0 Å². The summed E-state index contributed by atoms with van der Waals surface area (Å²) in [6.45, 7) is -0.222. The zero-order chi connectivity index (χ0) is 15.1. The van der Waals surface area contributed by atoms with Gasteiger partial charge in [-0.15, -0.1) is 0 Å². The fourth-order valence-electron chi connectivity index (χ4n) is 2.26. The second kappa shape index (κ2) is 7.98. The highest BCUT2D eigenvalue weighted by Gasteiger charge is 2.17. The third kappa shape index (κ3) is 5.71. The van der Waals surface area contributed by atoms with Gasteiger partial charge < -0.3 is 10.1 Å². The van der Waals surface area contributed by atoms with E-state index in [4.69, 9.17) is 4.74 Å². The molecule has 0 aliphatic heterocycles. The maximum Gasteiger partial charge on any atom is 0.331 e. The lowest BCUT2D eigenvalue weighted by Gasteiger charge is -2.11. The molecule has 0 unspecified atom stereocenters. The van der Waals surface area contributed by atoms with Gasteiger partial charge in [-0.1, -0.05) is 40.9 Å². The highest BCUT2D eigenvalue weighted by Crippen LogP contribution is 2.17. The van der Waals surface area contributed by atoms with E-state index < -0.39 is 5.97 Å². The van der Waals surface area contributed by atoms with Gasteiger partial charge in [0, 0.05) is 16.6 Å². The first kappa shape index (κ1) is 15.8. The monoisotopic (exact) mass is 351 g/mol. The standard InChI is InChI=1S/C16H18BrNO3/c17-13-8-5-12(6-9-13)7-10-16(20)21-11-15(19)18-14-3-1-2-4-14/h5-10,14H,1-4,11H2,(H,18,19)/b10-7+. The van der Waals surface area contributed by atoms with Crippen LogP contribution in [0, 0.1) is 0 Å². The third-order valence-corrected chi connectivity index (χ3v) is 3.88. The molecule has 1 aromatic rings. The van der Waals surface area contributed by atoms with Crippen LogP contribution in [0.15, 0.2) is 34.8 Å². The SMILES string of the molecule is O=C(COC(=O)/C=C/c1ccc(Br)cc1)NC1CCCC1. The summed E-state index contributed by atoms with van der Waals surface area (Å²) in [4.78, 5) is 23.1. The van der Waals surface area contributed by atoms with E-state index in [1.165, 1.54) is 6.08 Å².